The van der Waals surface area contributed by atoms with Crippen LogP contribution in [0.5, 0.6) is 0 Å². The predicted molar refractivity (Wildman–Crippen MR) is 118 cm³/mol. The highest BCUT2D eigenvalue weighted by Gasteiger charge is 2.05. The fourth-order valence-electron chi connectivity index (χ4n) is 2.03. The third-order valence-corrected chi connectivity index (χ3v) is 6.66. The molecule has 0 heterocycles. The minimum atomic E-state index is 0.0279. The molecule has 140 valence electrons. The molecule has 0 atom stereocenters. The van der Waals surface area contributed by atoms with E-state index in [9.17, 15) is 4.79 Å². The zero-order valence-electron chi connectivity index (χ0n) is 13.7. The van der Waals surface area contributed by atoms with E-state index in [-0.39, 0.29) is 5.91 Å². The van der Waals surface area contributed by atoms with Crippen molar-refractivity contribution in [3.8, 4) is 0 Å². The molecule has 2 aromatic rings. The standard InChI is InChI=1S/C18H17Cl4NOS2/c19-14-3-2-13(16(21)8-14)10-25-6-5-23-18(24)11-26-9-12-1-4-15(20)17(22)7-12/h1-4,7-8H,5-6,9-11H2,(H,23,24). The van der Waals surface area contributed by atoms with Crippen molar-refractivity contribution in [1.82, 2.24) is 5.32 Å². The summed E-state index contributed by atoms with van der Waals surface area (Å²) in [5.41, 5.74) is 2.09. The molecule has 2 nitrogen and oxygen atoms in total. The van der Waals surface area contributed by atoms with E-state index in [1.807, 2.05) is 24.3 Å². The van der Waals surface area contributed by atoms with Crippen molar-refractivity contribution in [1.29, 1.82) is 0 Å². The van der Waals surface area contributed by atoms with Gasteiger partial charge >= 0.3 is 0 Å². The highest BCUT2D eigenvalue weighted by atomic mass is 35.5. The molecule has 0 saturated carbocycles. The maximum absolute atomic E-state index is 11.9. The summed E-state index contributed by atoms with van der Waals surface area (Å²) in [6, 6.07) is 11.0. The topological polar surface area (TPSA) is 29.1 Å². The average molecular weight is 469 g/mol. The van der Waals surface area contributed by atoms with E-state index in [0.29, 0.717) is 38.1 Å². The molecular weight excluding hydrogens is 452 g/mol. The lowest BCUT2D eigenvalue weighted by Gasteiger charge is -2.07. The van der Waals surface area contributed by atoms with Crippen molar-refractivity contribution >= 4 is 75.8 Å². The lowest BCUT2D eigenvalue weighted by molar-refractivity contribution is -0.118. The Balaban J connectivity index is 1.58. The minimum absolute atomic E-state index is 0.0279. The van der Waals surface area contributed by atoms with E-state index in [0.717, 1.165) is 22.6 Å². The molecule has 1 N–H and O–H groups in total. The van der Waals surface area contributed by atoms with Gasteiger partial charge in [-0.2, -0.15) is 11.8 Å². The van der Waals surface area contributed by atoms with Crippen LogP contribution >= 0.6 is 69.9 Å². The lowest BCUT2D eigenvalue weighted by Crippen LogP contribution is -2.27. The van der Waals surface area contributed by atoms with Gasteiger partial charge in [-0.3, -0.25) is 4.79 Å². The Morgan fingerprint density at radius 2 is 1.69 bits per heavy atom. The van der Waals surface area contributed by atoms with Crippen molar-refractivity contribution in [3.63, 3.8) is 0 Å². The van der Waals surface area contributed by atoms with Gasteiger partial charge in [-0.25, -0.2) is 0 Å². The van der Waals surface area contributed by atoms with Crippen LogP contribution in [0, 0.1) is 0 Å². The van der Waals surface area contributed by atoms with Gasteiger partial charge < -0.3 is 5.32 Å². The maximum atomic E-state index is 11.9. The van der Waals surface area contributed by atoms with E-state index in [2.05, 4.69) is 5.32 Å². The average Bonchev–Trinajstić information content (AvgIpc) is 2.59. The van der Waals surface area contributed by atoms with Crippen molar-refractivity contribution < 1.29 is 4.79 Å². The molecule has 0 aliphatic heterocycles. The number of hydrogen-bond acceptors (Lipinski definition) is 3. The monoisotopic (exact) mass is 467 g/mol. The number of rotatable bonds is 9. The van der Waals surface area contributed by atoms with Gasteiger partial charge in [0, 0.05) is 33.8 Å². The van der Waals surface area contributed by atoms with Crippen molar-refractivity contribution in [2.45, 2.75) is 11.5 Å². The Morgan fingerprint density at radius 3 is 2.42 bits per heavy atom. The molecule has 0 fully saturated rings. The maximum Gasteiger partial charge on any atom is 0.230 e. The number of hydrogen-bond donors (Lipinski definition) is 1. The molecule has 2 rings (SSSR count). The first kappa shape index (κ1) is 22.1. The third kappa shape index (κ3) is 7.79. The zero-order valence-corrected chi connectivity index (χ0v) is 18.4. The molecule has 0 aromatic heterocycles. The fraction of sp³-hybridized carbons (Fsp3) is 0.278. The van der Waals surface area contributed by atoms with Crippen LogP contribution in [-0.2, 0) is 16.3 Å². The predicted octanol–water partition coefficient (Wildman–Crippen LogP) is 6.58. The molecule has 0 saturated heterocycles. The van der Waals surface area contributed by atoms with Crippen LogP contribution in [0.4, 0.5) is 0 Å². The summed E-state index contributed by atoms with van der Waals surface area (Å²) in [4.78, 5) is 11.9. The van der Waals surface area contributed by atoms with Gasteiger partial charge in [-0.15, -0.1) is 11.8 Å². The number of carbonyl (C=O) groups is 1. The van der Waals surface area contributed by atoms with Crippen LogP contribution in [0.1, 0.15) is 11.1 Å². The molecule has 0 spiro atoms. The second-order valence-electron chi connectivity index (χ2n) is 5.38. The summed E-state index contributed by atoms with van der Waals surface area (Å²) in [7, 11) is 0. The van der Waals surface area contributed by atoms with Gasteiger partial charge in [-0.05, 0) is 35.4 Å². The van der Waals surface area contributed by atoms with Crippen molar-refractivity contribution in [2.75, 3.05) is 18.1 Å². The van der Waals surface area contributed by atoms with Gasteiger partial charge in [0.2, 0.25) is 5.91 Å². The summed E-state index contributed by atoms with van der Waals surface area (Å²) < 4.78 is 0. The van der Waals surface area contributed by atoms with Crippen LogP contribution in [0.2, 0.25) is 20.1 Å². The van der Waals surface area contributed by atoms with E-state index >= 15 is 0 Å². The smallest absolute Gasteiger partial charge is 0.230 e. The van der Waals surface area contributed by atoms with Crippen LogP contribution in [0.15, 0.2) is 36.4 Å². The van der Waals surface area contributed by atoms with Crippen molar-refractivity contribution in [3.05, 3.63) is 67.6 Å². The molecule has 0 bridgehead atoms. The lowest BCUT2D eigenvalue weighted by atomic mass is 10.2. The van der Waals surface area contributed by atoms with Crippen LogP contribution < -0.4 is 5.32 Å². The largest absolute Gasteiger partial charge is 0.355 e. The van der Waals surface area contributed by atoms with E-state index in [4.69, 9.17) is 46.4 Å². The van der Waals surface area contributed by atoms with Crippen LogP contribution in [-0.4, -0.2) is 24.0 Å². The van der Waals surface area contributed by atoms with E-state index in [1.54, 1.807) is 35.7 Å². The van der Waals surface area contributed by atoms with Gasteiger partial charge in [0.05, 0.1) is 15.8 Å². The molecule has 0 unspecified atom stereocenters. The summed E-state index contributed by atoms with van der Waals surface area (Å²) >= 11 is 27.1. The summed E-state index contributed by atoms with van der Waals surface area (Å²) in [6.45, 7) is 0.627. The third-order valence-electron chi connectivity index (χ3n) is 3.33. The molecule has 26 heavy (non-hydrogen) atoms. The van der Waals surface area contributed by atoms with Crippen molar-refractivity contribution in [2.24, 2.45) is 0 Å². The van der Waals surface area contributed by atoms with Gasteiger partial charge in [0.15, 0.2) is 0 Å². The number of benzene rings is 2. The SMILES string of the molecule is O=C(CSCc1ccc(Cl)c(Cl)c1)NCCSCc1ccc(Cl)cc1Cl. The Kier molecular flexibility index (Phi) is 9.82. The summed E-state index contributed by atoms with van der Waals surface area (Å²) in [5, 5.41) is 5.30. The fourth-order valence-corrected chi connectivity index (χ4v) is 4.57. The van der Waals surface area contributed by atoms with Gasteiger partial charge in [-0.1, -0.05) is 58.5 Å². The molecule has 0 aliphatic carbocycles. The molecular formula is C18H17Cl4NOS2. The number of carbonyl (C=O) groups excluding carboxylic acids is 1. The Hall–Kier alpha value is -0.230. The minimum Gasteiger partial charge on any atom is -0.355 e. The molecule has 1 amide bonds. The number of halogens is 4. The quantitative estimate of drug-likeness (QED) is 0.421. The van der Waals surface area contributed by atoms with Gasteiger partial charge in [0.1, 0.15) is 0 Å². The number of thioether (sulfide) groups is 2. The van der Waals surface area contributed by atoms with Gasteiger partial charge in [0.25, 0.3) is 0 Å². The Morgan fingerprint density at radius 1 is 0.885 bits per heavy atom. The Bertz CT molecular complexity index is 758. The number of amides is 1. The molecule has 8 heteroatoms. The summed E-state index contributed by atoms with van der Waals surface area (Å²) in [5.74, 6) is 2.77. The second kappa shape index (κ2) is 11.6. The summed E-state index contributed by atoms with van der Waals surface area (Å²) in [6.07, 6.45) is 0. The normalized spacial score (nSPS) is 10.8. The van der Waals surface area contributed by atoms with E-state index in [1.165, 1.54) is 0 Å². The Labute approximate surface area is 182 Å². The van der Waals surface area contributed by atoms with E-state index < -0.39 is 0 Å². The first-order valence-electron chi connectivity index (χ1n) is 7.76. The van der Waals surface area contributed by atoms with Crippen LogP contribution in [0.3, 0.4) is 0 Å². The second-order valence-corrected chi connectivity index (χ2v) is 9.13. The highest BCUT2D eigenvalue weighted by Crippen LogP contribution is 2.25. The highest BCUT2D eigenvalue weighted by molar-refractivity contribution is 7.99. The van der Waals surface area contributed by atoms with Crippen LogP contribution in [0.25, 0.3) is 0 Å². The molecule has 0 aliphatic rings. The zero-order chi connectivity index (χ0) is 18.9. The molecule has 0 radical (unpaired) electrons. The molecule has 2 aromatic carbocycles. The number of nitrogens with one attached hydrogen (secondary N) is 1. The first-order chi connectivity index (χ1) is 12.5. The first-order valence-corrected chi connectivity index (χ1v) is 11.6.